The van der Waals surface area contributed by atoms with Crippen LogP contribution < -0.4 is 4.90 Å². The van der Waals surface area contributed by atoms with E-state index in [9.17, 15) is 19.0 Å². The number of hydrogen-bond acceptors (Lipinski definition) is 7. The van der Waals surface area contributed by atoms with Gasteiger partial charge in [-0.25, -0.2) is 4.39 Å². The topological polar surface area (TPSA) is 88.4 Å². The molecule has 0 saturated carbocycles. The van der Waals surface area contributed by atoms with Crippen LogP contribution in [0.5, 0.6) is 0 Å². The summed E-state index contributed by atoms with van der Waals surface area (Å²) in [5, 5.41) is 6.23. The fourth-order valence-corrected chi connectivity index (χ4v) is 6.61. The van der Waals surface area contributed by atoms with Gasteiger partial charge in [-0.2, -0.15) is 9.81 Å². The SMILES string of the molecule is CCC(N=O)c1ccc(C)cc1.O=NC1CCOC(CSc2ccc(-c3ccc(C4CC(=O)N4c4ccc(F)cc4)cc3)cc2)C1. The number of β-lactam (4-membered cyclic amide) rings is 1. The Bertz CT molecular complexity index is 1600. The molecule has 6 rings (SSSR count). The Kier molecular flexibility index (Phi) is 11.4. The Morgan fingerprint density at radius 3 is 2.15 bits per heavy atom. The fraction of sp³-hybridized carbons (Fsp3) is 0.324. The lowest BCUT2D eigenvalue weighted by Crippen LogP contribution is -2.46. The van der Waals surface area contributed by atoms with Gasteiger partial charge in [-0.15, -0.1) is 11.8 Å². The molecule has 2 aliphatic heterocycles. The summed E-state index contributed by atoms with van der Waals surface area (Å²) in [4.78, 5) is 36.3. The summed E-state index contributed by atoms with van der Waals surface area (Å²) in [5.41, 5.74) is 6.23. The summed E-state index contributed by atoms with van der Waals surface area (Å²) >= 11 is 1.73. The molecule has 7 nitrogen and oxygen atoms in total. The molecule has 0 bridgehead atoms. The molecule has 0 N–H and O–H groups in total. The molecule has 0 aromatic heterocycles. The molecule has 4 unspecified atom stereocenters. The molecule has 4 aromatic rings. The second kappa shape index (κ2) is 15.9. The van der Waals surface area contributed by atoms with Gasteiger partial charge in [0.15, 0.2) is 0 Å². The number of benzene rings is 4. The summed E-state index contributed by atoms with van der Waals surface area (Å²) < 4.78 is 19.0. The quantitative estimate of drug-likeness (QED) is 0.0980. The number of nitroso groups, excluding NO2 is 2. The zero-order valence-electron chi connectivity index (χ0n) is 26.1. The second-order valence-corrected chi connectivity index (χ2v) is 12.7. The van der Waals surface area contributed by atoms with Crippen LogP contribution in [0.25, 0.3) is 11.1 Å². The van der Waals surface area contributed by atoms with Crippen LogP contribution in [0.2, 0.25) is 0 Å². The first-order chi connectivity index (χ1) is 22.4. The number of aryl methyl sites for hydroxylation is 1. The number of hydrogen-bond donors (Lipinski definition) is 0. The van der Waals surface area contributed by atoms with Crippen molar-refractivity contribution in [2.45, 2.75) is 68.7 Å². The third-order valence-electron chi connectivity index (χ3n) is 8.44. The number of amides is 1. The van der Waals surface area contributed by atoms with Crippen molar-refractivity contribution in [1.82, 2.24) is 0 Å². The van der Waals surface area contributed by atoms with E-state index >= 15 is 0 Å². The molecule has 4 atom stereocenters. The number of nitrogens with zero attached hydrogens (tertiary/aromatic N) is 3. The Hall–Kier alpha value is -4.21. The van der Waals surface area contributed by atoms with Crippen molar-refractivity contribution in [3.8, 4) is 11.1 Å². The summed E-state index contributed by atoms with van der Waals surface area (Å²) in [6.45, 7) is 4.60. The van der Waals surface area contributed by atoms with Crippen molar-refractivity contribution < 1.29 is 13.9 Å². The van der Waals surface area contributed by atoms with Gasteiger partial charge in [0, 0.05) is 29.4 Å². The first-order valence-electron chi connectivity index (χ1n) is 15.6. The molecule has 0 spiro atoms. The molecule has 2 saturated heterocycles. The van der Waals surface area contributed by atoms with E-state index in [1.165, 1.54) is 17.7 Å². The highest BCUT2D eigenvalue weighted by atomic mass is 32.2. The molecule has 4 aromatic carbocycles. The van der Waals surface area contributed by atoms with E-state index < -0.39 is 0 Å². The van der Waals surface area contributed by atoms with Gasteiger partial charge in [0.25, 0.3) is 0 Å². The van der Waals surface area contributed by atoms with Gasteiger partial charge in [-0.05, 0) is 78.4 Å². The van der Waals surface area contributed by atoms with Crippen molar-refractivity contribution in [2.75, 3.05) is 17.3 Å². The molecule has 0 aliphatic carbocycles. The van der Waals surface area contributed by atoms with Crippen LogP contribution in [-0.4, -0.2) is 30.4 Å². The Morgan fingerprint density at radius 1 is 0.913 bits per heavy atom. The lowest BCUT2D eigenvalue weighted by Gasteiger charge is -2.40. The number of rotatable bonds is 10. The van der Waals surface area contributed by atoms with E-state index in [-0.39, 0.29) is 36.0 Å². The highest BCUT2D eigenvalue weighted by Gasteiger charge is 2.38. The summed E-state index contributed by atoms with van der Waals surface area (Å²) in [5.74, 6) is 0.545. The summed E-state index contributed by atoms with van der Waals surface area (Å²) in [7, 11) is 0. The van der Waals surface area contributed by atoms with Gasteiger partial charge in [0.2, 0.25) is 5.91 Å². The minimum absolute atomic E-state index is 0.0261. The molecule has 2 heterocycles. The predicted octanol–water partition coefficient (Wildman–Crippen LogP) is 9.59. The number of thioether (sulfide) groups is 1. The van der Waals surface area contributed by atoms with Gasteiger partial charge >= 0.3 is 0 Å². The van der Waals surface area contributed by atoms with Crippen LogP contribution in [0.1, 0.15) is 61.4 Å². The normalized spacial score (nSPS) is 19.8. The van der Waals surface area contributed by atoms with E-state index in [1.54, 1.807) is 28.8 Å². The summed E-state index contributed by atoms with van der Waals surface area (Å²) in [6, 6.07) is 30.3. The molecule has 0 radical (unpaired) electrons. The monoisotopic (exact) mass is 639 g/mol. The van der Waals surface area contributed by atoms with E-state index in [4.69, 9.17) is 4.74 Å². The second-order valence-electron chi connectivity index (χ2n) is 11.6. The van der Waals surface area contributed by atoms with Gasteiger partial charge in [0.1, 0.15) is 11.9 Å². The molecular formula is C37H38FN3O4S. The van der Waals surface area contributed by atoms with E-state index in [0.29, 0.717) is 19.4 Å². The largest absolute Gasteiger partial charge is 0.377 e. The van der Waals surface area contributed by atoms with E-state index in [1.807, 2.05) is 38.1 Å². The van der Waals surface area contributed by atoms with Crippen LogP contribution in [0.4, 0.5) is 10.1 Å². The average Bonchev–Trinajstić information content (AvgIpc) is 3.09. The zero-order valence-corrected chi connectivity index (χ0v) is 26.9. The molecule has 1 amide bonds. The molecule has 46 heavy (non-hydrogen) atoms. The number of carbonyl (C=O) groups excluding carboxylic acids is 1. The highest BCUT2D eigenvalue weighted by Crippen LogP contribution is 2.39. The van der Waals surface area contributed by atoms with Crippen molar-refractivity contribution in [3.05, 3.63) is 129 Å². The zero-order chi connectivity index (χ0) is 32.5. The number of carbonyl (C=O) groups is 1. The summed E-state index contributed by atoms with van der Waals surface area (Å²) in [6.07, 6.45) is 2.72. The van der Waals surface area contributed by atoms with E-state index in [2.05, 4.69) is 58.9 Å². The Morgan fingerprint density at radius 2 is 1.57 bits per heavy atom. The van der Waals surface area contributed by atoms with Gasteiger partial charge in [-0.1, -0.05) is 83.5 Å². The molecule has 2 aliphatic rings. The van der Waals surface area contributed by atoms with Crippen molar-refractivity contribution in [2.24, 2.45) is 10.4 Å². The maximum Gasteiger partial charge on any atom is 0.230 e. The molecule has 9 heteroatoms. The van der Waals surface area contributed by atoms with E-state index in [0.717, 1.165) is 51.4 Å². The number of halogens is 1. The molecule has 238 valence electrons. The van der Waals surface area contributed by atoms with Crippen LogP contribution in [0.15, 0.2) is 112 Å². The lowest BCUT2D eigenvalue weighted by molar-refractivity contribution is -0.124. The minimum Gasteiger partial charge on any atom is -0.377 e. The number of ether oxygens (including phenoxy) is 1. The maximum atomic E-state index is 13.3. The van der Waals surface area contributed by atoms with Crippen molar-refractivity contribution in [3.63, 3.8) is 0 Å². The number of anilines is 1. The standard InChI is InChI=1S/C27H25FN2O3S.C10H13NO/c28-21-7-9-23(10-8-21)30-26(16-27(30)31)20-3-1-18(2-4-20)19-5-11-25(12-6-19)34-17-24-15-22(29-32)13-14-33-24;1-3-10(11-12)9-6-4-8(2)5-7-9/h1-12,22,24,26H,13-17H2;4-7,10H,3H2,1-2H3. The first-order valence-corrected chi connectivity index (χ1v) is 16.6. The molecule has 2 fully saturated rings. The van der Waals surface area contributed by atoms with Crippen LogP contribution >= 0.6 is 11.8 Å². The Labute approximate surface area is 273 Å². The molecular weight excluding hydrogens is 601 g/mol. The smallest absolute Gasteiger partial charge is 0.230 e. The van der Waals surface area contributed by atoms with Crippen molar-refractivity contribution in [1.29, 1.82) is 0 Å². The third-order valence-corrected chi connectivity index (χ3v) is 9.58. The van der Waals surface area contributed by atoms with Crippen LogP contribution in [0, 0.1) is 22.6 Å². The van der Waals surface area contributed by atoms with Crippen LogP contribution in [0.3, 0.4) is 0 Å². The minimum atomic E-state index is -0.312. The van der Waals surface area contributed by atoms with Crippen molar-refractivity contribution >= 4 is 23.4 Å². The van der Waals surface area contributed by atoms with Gasteiger partial charge in [0.05, 0.1) is 24.6 Å². The average molecular weight is 640 g/mol. The maximum absolute atomic E-state index is 13.3. The first kappa shape index (κ1) is 33.2. The third kappa shape index (κ3) is 8.33. The highest BCUT2D eigenvalue weighted by molar-refractivity contribution is 7.99. The fourth-order valence-electron chi connectivity index (χ4n) is 5.67. The lowest BCUT2D eigenvalue weighted by atomic mass is 9.91. The van der Waals surface area contributed by atoms with Gasteiger partial charge in [-0.3, -0.25) is 4.79 Å². The predicted molar refractivity (Wildman–Crippen MR) is 182 cm³/mol. The van der Waals surface area contributed by atoms with Crippen LogP contribution in [-0.2, 0) is 9.53 Å². The Balaban J connectivity index is 0.000000293. The van der Waals surface area contributed by atoms with Gasteiger partial charge < -0.3 is 9.64 Å².